The summed E-state index contributed by atoms with van der Waals surface area (Å²) in [6, 6.07) is 6.76. The van der Waals surface area contributed by atoms with Crippen LogP contribution in [0.1, 0.15) is 43.0 Å². The molecular formula is C15H25NO. The van der Waals surface area contributed by atoms with Gasteiger partial charge in [0.2, 0.25) is 0 Å². The summed E-state index contributed by atoms with van der Waals surface area (Å²) in [5.41, 5.74) is 4.06. The molecule has 2 unspecified atom stereocenters. The highest BCUT2D eigenvalue weighted by atomic mass is 16.5. The lowest BCUT2D eigenvalue weighted by Gasteiger charge is -2.28. The topological polar surface area (TPSA) is 21.3 Å². The van der Waals surface area contributed by atoms with E-state index in [4.69, 9.17) is 4.74 Å². The second-order valence-corrected chi connectivity index (χ2v) is 4.46. The molecule has 0 aromatic heterocycles. The number of ether oxygens (including phenoxy) is 1. The van der Waals surface area contributed by atoms with Crippen LogP contribution in [0, 0.1) is 13.8 Å². The van der Waals surface area contributed by atoms with Gasteiger partial charge in [-0.25, -0.2) is 0 Å². The molecular weight excluding hydrogens is 210 g/mol. The summed E-state index contributed by atoms with van der Waals surface area (Å²) in [5.74, 6) is 0. The minimum absolute atomic E-state index is 0.241. The van der Waals surface area contributed by atoms with E-state index in [0.29, 0.717) is 0 Å². The molecule has 0 saturated carbocycles. The van der Waals surface area contributed by atoms with Crippen LogP contribution < -0.4 is 5.32 Å². The normalized spacial score (nSPS) is 14.6. The van der Waals surface area contributed by atoms with Gasteiger partial charge in [-0.05, 0) is 50.9 Å². The summed E-state index contributed by atoms with van der Waals surface area (Å²) in [6.45, 7) is 9.34. The Morgan fingerprint density at radius 1 is 1.24 bits per heavy atom. The van der Waals surface area contributed by atoms with Gasteiger partial charge >= 0.3 is 0 Å². The first kappa shape index (κ1) is 14.2. The van der Waals surface area contributed by atoms with Gasteiger partial charge in [0.25, 0.3) is 0 Å². The minimum Gasteiger partial charge on any atom is -0.377 e. The van der Waals surface area contributed by atoms with Crippen molar-refractivity contribution < 1.29 is 4.74 Å². The van der Waals surface area contributed by atoms with Crippen LogP contribution in [-0.4, -0.2) is 19.8 Å². The number of aryl methyl sites for hydroxylation is 1. The third kappa shape index (κ3) is 3.30. The van der Waals surface area contributed by atoms with Crippen molar-refractivity contribution >= 4 is 0 Å². The Bertz CT molecular complexity index is 349. The van der Waals surface area contributed by atoms with Crippen LogP contribution in [-0.2, 0) is 4.74 Å². The van der Waals surface area contributed by atoms with Gasteiger partial charge in [-0.1, -0.05) is 25.1 Å². The van der Waals surface area contributed by atoms with Crippen molar-refractivity contribution in [1.29, 1.82) is 0 Å². The monoisotopic (exact) mass is 235 g/mol. The average Bonchev–Trinajstić information content (AvgIpc) is 2.34. The fourth-order valence-electron chi connectivity index (χ4n) is 2.32. The minimum atomic E-state index is 0.241. The molecule has 0 radical (unpaired) electrons. The zero-order valence-electron chi connectivity index (χ0n) is 11.7. The van der Waals surface area contributed by atoms with Gasteiger partial charge in [0.15, 0.2) is 0 Å². The van der Waals surface area contributed by atoms with E-state index >= 15 is 0 Å². The Hall–Kier alpha value is -0.860. The fourth-order valence-corrected chi connectivity index (χ4v) is 2.32. The van der Waals surface area contributed by atoms with Crippen molar-refractivity contribution in [3.05, 3.63) is 34.9 Å². The molecule has 96 valence electrons. The van der Waals surface area contributed by atoms with Crippen molar-refractivity contribution in [3.8, 4) is 0 Å². The van der Waals surface area contributed by atoms with Gasteiger partial charge in [0.1, 0.15) is 0 Å². The molecule has 0 aliphatic carbocycles. The maximum absolute atomic E-state index is 5.83. The molecule has 2 nitrogen and oxygen atoms in total. The Morgan fingerprint density at radius 2 is 1.94 bits per heavy atom. The first-order valence-electron chi connectivity index (χ1n) is 6.50. The zero-order chi connectivity index (χ0) is 12.8. The van der Waals surface area contributed by atoms with E-state index in [0.717, 1.165) is 13.0 Å². The van der Waals surface area contributed by atoms with Crippen molar-refractivity contribution in [3.63, 3.8) is 0 Å². The Kier molecular flexibility index (Phi) is 5.66. The molecule has 0 aliphatic heterocycles. The predicted molar refractivity (Wildman–Crippen MR) is 73.4 cm³/mol. The highest BCUT2D eigenvalue weighted by Crippen LogP contribution is 2.25. The summed E-state index contributed by atoms with van der Waals surface area (Å²) in [5, 5.41) is 3.40. The van der Waals surface area contributed by atoms with Gasteiger partial charge in [0, 0.05) is 6.61 Å². The molecule has 0 aliphatic rings. The number of rotatable bonds is 6. The summed E-state index contributed by atoms with van der Waals surface area (Å²) in [7, 11) is 2.01. The summed E-state index contributed by atoms with van der Waals surface area (Å²) < 4.78 is 5.83. The van der Waals surface area contributed by atoms with Crippen LogP contribution >= 0.6 is 0 Å². The third-order valence-corrected chi connectivity index (χ3v) is 3.45. The molecule has 0 bridgehead atoms. The Morgan fingerprint density at radius 3 is 2.47 bits per heavy atom. The third-order valence-electron chi connectivity index (χ3n) is 3.45. The molecule has 0 heterocycles. The van der Waals surface area contributed by atoms with Gasteiger partial charge in [-0.3, -0.25) is 0 Å². The highest BCUT2D eigenvalue weighted by molar-refractivity contribution is 5.35. The van der Waals surface area contributed by atoms with Gasteiger partial charge in [0.05, 0.1) is 12.1 Å². The lowest BCUT2D eigenvalue weighted by molar-refractivity contribution is 0.0332. The van der Waals surface area contributed by atoms with Crippen LogP contribution in [0.3, 0.4) is 0 Å². The van der Waals surface area contributed by atoms with Crippen molar-refractivity contribution in [2.24, 2.45) is 0 Å². The van der Waals surface area contributed by atoms with Crippen molar-refractivity contribution in [2.75, 3.05) is 13.7 Å². The van der Waals surface area contributed by atoms with E-state index in [1.54, 1.807) is 0 Å². The molecule has 1 aromatic rings. The second kappa shape index (κ2) is 6.77. The zero-order valence-corrected chi connectivity index (χ0v) is 11.7. The molecule has 1 N–H and O–H groups in total. The highest BCUT2D eigenvalue weighted by Gasteiger charge is 2.22. The quantitative estimate of drug-likeness (QED) is 0.816. The molecule has 0 spiro atoms. The Labute approximate surface area is 105 Å². The summed E-state index contributed by atoms with van der Waals surface area (Å²) >= 11 is 0. The molecule has 1 aromatic carbocycles. The van der Waals surface area contributed by atoms with Gasteiger partial charge < -0.3 is 10.1 Å². The summed E-state index contributed by atoms with van der Waals surface area (Å²) in [6.07, 6.45) is 1.26. The molecule has 1 rings (SSSR count). The molecule has 0 saturated heterocycles. The first-order valence-corrected chi connectivity index (χ1v) is 6.50. The van der Waals surface area contributed by atoms with Crippen LogP contribution in [0.15, 0.2) is 18.2 Å². The van der Waals surface area contributed by atoms with E-state index in [2.05, 4.69) is 51.2 Å². The largest absolute Gasteiger partial charge is 0.377 e. The van der Waals surface area contributed by atoms with E-state index in [9.17, 15) is 0 Å². The molecule has 0 fully saturated rings. The molecule has 2 atom stereocenters. The van der Waals surface area contributed by atoms with Crippen LogP contribution in [0.2, 0.25) is 0 Å². The van der Waals surface area contributed by atoms with Gasteiger partial charge in [-0.15, -0.1) is 0 Å². The fraction of sp³-hybridized carbons (Fsp3) is 0.600. The molecule has 0 amide bonds. The number of hydrogen-bond donors (Lipinski definition) is 1. The lowest BCUT2D eigenvalue weighted by Crippen LogP contribution is -2.32. The first-order chi connectivity index (χ1) is 8.15. The Balaban J connectivity index is 3.03. The van der Waals surface area contributed by atoms with E-state index < -0.39 is 0 Å². The van der Waals surface area contributed by atoms with Gasteiger partial charge in [-0.2, -0.15) is 0 Å². The van der Waals surface area contributed by atoms with Crippen molar-refractivity contribution in [2.45, 2.75) is 46.3 Å². The van der Waals surface area contributed by atoms with Crippen LogP contribution in [0.25, 0.3) is 0 Å². The number of benzene rings is 1. The van der Waals surface area contributed by atoms with E-state index in [1.807, 2.05) is 7.05 Å². The van der Waals surface area contributed by atoms with Crippen LogP contribution in [0.4, 0.5) is 0 Å². The lowest BCUT2D eigenvalue weighted by atomic mass is 9.93. The SMILES string of the molecule is CCOC(CC)C(NC)c1cccc(C)c1C. The maximum Gasteiger partial charge on any atom is 0.0766 e. The van der Waals surface area contributed by atoms with E-state index in [-0.39, 0.29) is 12.1 Å². The summed E-state index contributed by atoms with van der Waals surface area (Å²) in [4.78, 5) is 0. The van der Waals surface area contributed by atoms with Crippen LogP contribution in [0.5, 0.6) is 0 Å². The molecule has 2 heteroatoms. The molecule has 17 heavy (non-hydrogen) atoms. The number of hydrogen-bond acceptors (Lipinski definition) is 2. The smallest absolute Gasteiger partial charge is 0.0766 e. The van der Waals surface area contributed by atoms with Crippen molar-refractivity contribution in [1.82, 2.24) is 5.32 Å². The van der Waals surface area contributed by atoms with E-state index in [1.165, 1.54) is 16.7 Å². The average molecular weight is 235 g/mol. The standard InChI is InChI=1S/C15H25NO/c1-6-14(17-7-2)15(16-5)13-10-8-9-11(3)12(13)4/h8-10,14-16H,6-7H2,1-5H3. The predicted octanol–water partition coefficient (Wildman–Crippen LogP) is 3.38. The number of nitrogens with one attached hydrogen (secondary N) is 1. The maximum atomic E-state index is 5.83. The second-order valence-electron chi connectivity index (χ2n) is 4.46. The number of likely N-dealkylation sites (N-methyl/N-ethyl adjacent to an activating group) is 1.